The monoisotopic (exact) mass is 212 g/mol. The Morgan fingerprint density at radius 2 is 2.27 bits per heavy atom. The molecule has 1 aliphatic heterocycles. The zero-order valence-electron chi connectivity index (χ0n) is 10.3. The van der Waals surface area contributed by atoms with E-state index in [9.17, 15) is 4.79 Å². The van der Waals surface area contributed by atoms with E-state index < -0.39 is 0 Å². The third-order valence-corrected chi connectivity index (χ3v) is 3.18. The standard InChI is InChI=1S/C12H24N2O/c1-10(8-13-3)9-14-11(2)6-4-5-7-12(14)15/h10-11,13H,4-9H2,1-3H3. The molecule has 1 rings (SSSR count). The van der Waals surface area contributed by atoms with Gasteiger partial charge in [-0.05, 0) is 39.3 Å². The summed E-state index contributed by atoms with van der Waals surface area (Å²) in [6, 6.07) is 0.430. The Morgan fingerprint density at radius 1 is 1.53 bits per heavy atom. The summed E-state index contributed by atoms with van der Waals surface area (Å²) in [6.45, 7) is 6.26. The van der Waals surface area contributed by atoms with E-state index in [0.29, 0.717) is 17.9 Å². The molecule has 0 aromatic heterocycles. The van der Waals surface area contributed by atoms with Gasteiger partial charge >= 0.3 is 0 Å². The van der Waals surface area contributed by atoms with E-state index in [2.05, 4.69) is 24.1 Å². The molecule has 0 radical (unpaired) electrons. The Bertz CT molecular complexity index is 206. The molecule has 0 aromatic rings. The van der Waals surface area contributed by atoms with Crippen molar-refractivity contribution in [1.82, 2.24) is 10.2 Å². The number of carbonyl (C=O) groups excluding carboxylic acids is 1. The van der Waals surface area contributed by atoms with E-state index in [1.165, 1.54) is 6.42 Å². The van der Waals surface area contributed by atoms with Crippen LogP contribution in [0.4, 0.5) is 0 Å². The van der Waals surface area contributed by atoms with E-state index in [-0.39, 0.29) is 0 Å². The Kier molecular flexibility index (Phi) is 5.09. The van der Waals surface area contributed by atoms with Gasteiger partial charge in [0, 0.05) is 19.0 Å². The predicted molar refractivity (Wildman–Crippen MR) is 62.7 cm³/mol. The summed E-state index contributed by atoms with van der Waals surface area (Å²) in [5, 5.41) is 3.16. The largest absolute Gasteiger partial charge is 0.340 e. The average molecular weight is 212 g/mol. The highest BCUT2D eigenvalue weighted by molar-refractivity contribution is 5.76. The van der Waals surface area contributed by atoms with E-state index in [1.807, 2.05) is 7.05 Å². The van der Waals surface area contributed by atoms with Gasteiger partial charge in [-0.1, -0.05) is 13.3 Å². The summed E-state index contributed by atoms with van der Waals surface area (Å²) in [4.78, 5) is 13.9. The molecule has 1 aliphatic rings. The second-order valence-electron chi connectivity index (χ2n) is 4.80. The van der Waals surface area contributed by atoms with Gasteiger partial charge in [-0.2, -0.15) is 0 Å². The van der Waals surface area contributed by atoms with E-state index in [1.54, 1.807) is 0 Å². The van der Waals surface area contributed by atoms with Crippen LogP contribution in [0.25, 0.3) is 0 Å². The summed E-state index contributed by atoms with van der Waals surface area (Å²) in [6.07, 6.45) is 4.18. The first-order valence-corrected chi connectivity index (χ1v) is 6.09. The van der Waals surface area contributed by atoms with Crippen molar-refractivity contribution < 1.29 is 4.79 Å². The maximum atomic E-state index is 11.9. The van der Waals surface area contributed by atoms with Gasteiger partial charge in [0.05, 0.1) is 0 Å². The predicted octanol–water partition coefficient (Wildman–Crippen LogP) is 1.63. The molecular formula is C12H24N2O. The van der Waals surface area contributed by atoms with Crippen LogP contribution < -0.4 is 5.32 Å². The van der Waals surface area contributed by atoms with E-state index in [4.69, 9.17) is 0 Å². The molecule has 0 aliphatic carbocycles. The van der Waals surface area contributed by atoms with Crippen molar-refractivity contribution in [2.45, 2.75) is 45.6 Å². The van der Waals surface area contributed by atoms with Gasteiger partial charge in [0.25, 0.3) is 0 Å². The molecule has 1 N–H and O–H groups in total. The SMILES string of the molecule is CNCC(C)CN1C(=O)CCCCC1C. The first-order valence-electron chi connectivity index (χ1n) is 6.09. The number of carbonyl (C=O) groups is 1. The lowest BCUT2D eigenvalue weighted by molar-refractivity contribution is -0.133. The highest BCUT2D eigenvalue weighted by Crippen LogP contribution is 2.18. The van der Waals surface area contributed by atoms with Gasteiger partial charge in [-0.15, -0.1) is 0 Å². The van der Waals surface area contributed by atoms with Crippen LogP contribution in [0.5, 0.6) is 0 Å². The molecule has 3 nitrogen and oxygen atoms in total. The lowest BCUT2D eigenvalue weighted by Crippen LogP contribution is -2.41. The van der Waals surface area contributed by atoms with Crippen molar-refractivity contribution in [1.29, 1.82) is 0 Å². The molecular weight excluding hydrogens is 188 g/mol. The minimum Gasteiger partial charge on any atom is -0.340 e. The number of amides is 1. The van der Waals surface area contributed by atoms with E-state index in [0.717, 1.165) is 32.4 Å². The first kappa shape index (κ1) is 12.5. The minimum atomic E-state index is 0.350. The smallest absolute Gasteiger partial charge is 0.222 e. The molecule has 3 heteroatoms. The Hall–Kier alpha value is -0.570. The lowest BCUT2D eigenvalue weighted by atomic mass is 10.1. The van der Waals surface area contributed by atoms with Crippen molar-refractivity contribution in [3.8, 4) is 0 Å². The molecule has 0 saturated carbocycles. The fourth-order valence-electron chi connectivity index (χ4n) is 2.29. The zero-order valence-corrected chi connectivity index (χ0v) is 10.3. The van der Waals surface area contributed by atoms with Crippen LogP contribution in [-0.2, 0) is 4.79 Å². The summed E-state index contributed by atoms with van der Waals surface area (Å²) < 4.78 is 0. The molecule has 0 bridgehead atoms. The Balaban J connectivity index is 2.51. The highest BCUT2D eigenvalue weighted by Gasteiger charge is 2.23. The van der Waals surface area contributed by atoms with Crippen LogP contribution in [-0.4, -0.2) is 37.0 Å². The van der Waals surface area contributed by atoms with E-state index >= 15 is 0 Å². The van der Waals surface area contributed by atoms with Gasteiger partial charge in [-0.25, -0.2) is 0 Å². The Morgan fingerprint density at radius 3 is 2.93 bits per heavy atom. The van der Waals surface area contributed by atoms with Gasteiger partial charge in [0.15, 0.2) is 0 Å². The molecule has 1 heterocycles. The van der Waals surface area contributed by atoms with Gasteiger partial charge in [-0.3, -0.25) is 4.79 Å². The molecule has 1 fully saturated rings. The molecule has 15 heavy (non-hydrogen) atoms. The lowest BCUT2D eigenvalue weighted by Gasteiger charge is -2.30. The maximum absolute atomic E-state index is 11.9. The van der Waals surface area contributed by atoms with Gasteiger partial charge < -0.3 is 10.2 Å². The number of nitrogens with one attached hydrogen (secondary N) is 1. The van der Waals surface area contributed by atoms with Crippen LogP contribution in [0.1, 0.15) is 39.5 Å². The summed E-state index contributed by atoms with van der Waals surface area (Å²) >= 11 is 0. The fraction of sp³-hybridized carbons (Fsp3) is 0.917. The van der Waals surface area contributed by atoms with Crippen molar-refractivity contribution in [3.63, 3.8) is 0 Å². The van der Waals surface area contributed by atoms with Crippen molar-refractivity contribution in [3.05, 3.63) is 0 Å². The van der Waals surface area contributed by atoms with Crippen LogP contribution in [0.15, 0.2) is 0 Å². The zero-order chi connectivity index (χ0) is 11.3. The second kappa shape index (κ2) is 6.11. The third kappa shape index (κ3) is 3.82. The van der Waals surface area contributed by atoms with Crippen molar-refractivity contribution >= 4 is 5.91 Å². The molecule has 0 spiro atoms. The quantitative estimate of drug-likeness (QED) is 0.768. The minimum absolute atomic E-state index is 0.350. The molecule has 2 unspecified atom stereocenters. The average Bonchev–Trinajstić information content (AvgIpc) is 2.33. The summed E-state index contributed by atoms with van der Waals surface area (Å²) in [7, 11) is 1.96. The van der Waals surface area contributed by atoms with Crippen molar-refractivity contribution in [2.24, 2.45) is 5.92 Å². The molecule has 0 aromatic carbocycles. The van der Waals surface area contributed by atoms with Crippen LogP contribution in [0.2, 0.25) is 0 Å². The van der Waals surface area contributed by atoms with Gasteiger partial charge in [0.1, 0.15) is 0 Å². The number of rotatable bonds is 4. The van der Waals surface area contributed by atoms with Gasteiger partial charge in [0.2, 0.25) is 5.91 Å². The number of hydrogen-bond donors (Lipinski definition) is 1. The molecule has 88 valence electrons. The number of likely N-dealkylation sites (tertiary alicyclic amines) is 1. The normalized spacial score (nSPS) is 25.1. The van der Waals surface area contributed by atoms with Crippen LogP contribution in [0, 0.1) is 5.92 Å². The summed E-state index contributed by atoms with van der Waals surface area (Å²) in [5.41, 5.74) is 0. The first-order chi connectivity index (χ1) is 7.15. The van der Waals surface area contributed by atoms with Crippen molar-refractivity contribution in [2.75, 3.05) is 20.1 Å². The number of nitrogens with zero attached hydrogens (tertiary/aromatic N) is 1. The fourth-order valence-corrected chi connectivity index (χ4v) is 2.29. The maximum Gasteiger partial charge on any atom is 0.222 e. The molecule has 1 amide bonds. The summed E-state index contributed by atoms with van der Waals surface area (Å²) in [5.74, 6) is 0.891. The van der Waals surface area contributed by atoms with Crippen LogP contribution in [0.3, 0.4) is 0 Å². The Labute approximate surface area is 93.2 Å². The molecule has 1 saturated heterocycles. The third-order valence-electron chi connectivity index (χ3n) is 3.18. The topological polar surface area (TPSA) is 32.3 Å². The highest BCUT2D eigenvalue weighted by atomic mass is 16.2. The number of hydrogen-bond acceptors (Lipinski definition) is 2. The molecule has 2 atom stereocenters. The second-order valence-corrected chi connectivity index (χ2v) is 4.80. The van der Waals surface area contributed by atoms with Crippen LogP contribution >= 0.6 is 0 Å².